The van der Waals surface area contributed by atoms with Gasteiger partial charge in [-0.3, -0.25) is 4.79 Å². The smallest absolute Gasteiger partial charge is 0.317 e. The van der Waals surface area contributed by atoms with Gasteiger partial charge in [0.05, 0.1) is 6.42 Å². The molecule has 0 bridgehead atoms. The zero-order chi connectivity index (χ0) is 16.0. The van der Waals surface area contributed by atoms with Crippen LogP contribution < -0.4 is 5.32 Å². The van der Waals surface area contributed by atoms with E-state index < -0.39 is 5.97 Å². The van der Waals surface area contributed by atoms with E-state index >= 15 is 0 Å². The number of nitrogens with zero attached hydrogens (tertiary/aromatic N) is 1. The van der Waals surface area contributed by atoms with E-state index in [9.17, 15) is 9.59 Å². The SMILES string of the molecule is CC1CCCC(CNC(=O)N(CCC(=O)O)C(C)(C)C)C1. The van der Waals surface area contributed by atoms with Crippen LogP contribution in [0.25, 0.3) is 0 Å². The third kappa shape index (κ3) is 6.36. The van der Waals surface area contributed by atoms with Gasteiger partial charge in [-0.1, -0.05) is 19.8 Å². The van der Waals surface area contributed by atoms with Gasteiger partial charge in [0.15, 0.2) is 0 Å². The fraction of sp³-hybridized carbons (Fsp3) is 0.875. The molecule has 1 rings (SSSR count). The number of urea groups is 1. The van der Waals surface area contributed by atoms with Crippen LogP contribution in [0.1, 0.15) is 59.8 Å². The summed E-state index contributed by atoms with van der Waals surface area (Å²) in [6.45, 7) is 8.99. The molecular weight excluding hydrogens is 268 g/mol. The highest BCUT2D eigenvalue weighted by Gasteiger charge is 2.27. The highest BCUT2D eigenvalue weighted by atomic mass is 16.4. The van der Waals surface area contributed by atoms with Crippen molar-refractivity contribution >= 4 is 12.0 Å². The molecule has 2 unspecified atom stereocenters. The predicted octanol–water partition coefficient (Wildman–Crippen LogP) is 3.10. The lowest BCUT2D eigenvalue weighted by Gasteiger charge is -2.36. The molecule has 122 valence electrons. The molecule has 5 heteroatoms. The van der Waals surface area contributed by atoms with E-state index in [2.05, 4.69) is 12.2 Å². The highest BCUT2D eigenvalue weighted by Crippen LogP contribution is 2.28. The van der Waals surface area contributed by atoms with Crippen LogP contribution in [0.5, 0.6) is 0 Å². The number of rotatable bonds is 5. The Morgan fingerprint density at radius 2 is 1.95 bits per heavy atom. The summed E-state index contributed by atoms with van der Waals surface area (Å²) in [7, 11) is 0. The van der Waals surface area contributed by atoms with Crippen LogP contribution in [0.15, 0.2) is 0 Å². The first kappa shape index (κ1) is 17.8. The van der Waals surface area contributed by atoms with Gasteiger partial charge < -0.3 is 15.3 Å². The van der Waals surface area contributed by atoms with Crippen molar-refractivity contribution < 1.29 is 14.7 Å². The molecule has 2 atom stereocenters. The Labute approximate surface area is 128 Å². The summed E-state index contributed by atoms with van der Waals surface area (Å²) < 4.78 is 0. The summed E-state index contributed by atoms with van der Waals surface area (Å²) in [4.78, 5) is 24.7. The lowest BCUT2D eigenvalue weighted by molar-refractivity contribution is -0.137. The third-order valence-electron chi connectivity index (χ3n) is 4.19. The van der Waals surface area contributed by atoms with Crippen LogP contribution in [-0.2, 0) is 4.79 Å². The number of hydrogen-bond acceptors (Lipinski definition) is 2. The van der Waals surface area contributed by atoms with Crippen molar-refractivity contribution in [3.8, 4) is 0 Å². The van der Waals surface area contributed by atoms with E-state index in [4.69, 9.17) is 5.11 Å². The molecular formula is C16H30N2O3. The van der Waals surface area contributed by atoms with Gasteiger partial charge in [0.2, 0.25) is 0 Å². The minimum atomic E-state index is -0.877. The van der Waals surface area contributed by atoms with E-state index in [0.29, 0.717) is 12.5 Å². The summed E-state index contributed by atoms with van der Waals surface area (Å²) in [6.07, 6.45) is 4.85. The average Bonchev–Trinajstić information content (AvgIpc) is 2.34. The van der Waals surface area contributed by atoms with Crippen molar-refractivity contribution in [3.05, 3.63) is 0 Å². The first-order valence-corrected chi connectivity index (χ1v) is 7.97. The van der Waals surface area contributed by atoms with Gasteiger partial charge >= 0.3 is 12.0 Å². The van der Waals surface area contributed by atoms with Crippen LogP contribution in [0.4, 0.5) is 4.79 Å². The van der Waals surface area contributed by atoms with E-state index in [-0.39, 0.29) is 24.5 Å². The minimum absolute atomic E-state index is 0.0227. The average molecular weight is 298 g/mol. The van der Waals surface area contributed by atoms with Gasteiger partial charge in [0.1, 0.15) is 0 Å². The maximum atomic E-state index is 12.3. The maximum Gasteiger partial charge on any atom is 0.317 e. The standard InChI is InChI=1S/C16H30N2O3/c1-12-6-5-7-13(10-12)11-17-15(21)18(16(2,3)4)9-8-14(19)20/h12-13H,5-11H2,1-4H3,(H,17,21)(H,19,20). The van der Waals surface area contributed by atoms with Crippen molar-refractivity contribution in [1.82, 2.24) is 10.2 Å². The monoisotopic (exact) mass is 298 g/mol. The summed E-state index contributed by atoms with van der Waals surface area (Å²) >= 11 is 0. The second-order valence-electron chi connectivity index (χ2n) is 7.29. The molecule has 0 saturated heterocycles. The van der Waals surface area contributed by atoms with Crippen LogP contribution in [0.3, 0.4) is 0 Å². The highest BCUT2D eigenvalue weighted by molar-refractivity contribution is 5.76. The molecule has 0 spiro atoms. The lowest BCUT2D eigenvalue weighted by atomic mass is 9.82. The maximum absolute atomic E-state index is 12.3. The third-order valence-corrected chi connectivity index (χ3v) is 4.19. The normalized spacial score (nSPS) is 22.7. The lowest BCUT2D eigenvalue weighted by Crippen LogP contribution is -2.52. The summed E-state index contributed by atoms with van der Waals surface area (Å²) in [6, 6.07) is -0.151. The molecule has 1 aliphatic rings. The Morgan fingerprint density at radius 1 is 1.29 bits per heavy atom. The molecule has 21 heavy (non-hydrogen) atoms. The number of amides is 2. The largest absolute Gasteiger partial charge is 0.481 e. The molecule has 1 aliphatic carbocycles. The van der Waals surface area contributed by atoms with Crippen molar-refractivity contribution in [3.63, 3.8) is 0 Å². The van der Waals surface area contributed by atoms with E-state index in [1.54, 1.807) is 4.90 Å². The van der Waals surface area contributed by atoms with Gasteiger partial charge in [-0.05, 0) is 45.4 Å². The van der Waals surface area contributed by atoms with E-state index in [1.807, 2.05) is 20.8 Å². The van der Waals surface area contributed by atoms with Crippen LogP contribution >= 0.6 is 0 Å². The van der Waals surface area contributed by atoms with Crippen molar-refractivity contribution in [2.75, 3.05) is 13.1 Å². The number of carboxylic acid groups (broad SMARTS) is 1. The zero-order valence-corrected chi connectivity index (χ0v) is 13.8. The predicted molar refractivity (Wildman–Crippen MR) is 83.2 cm³/mol. The molecule has 0 aromatic heterocycles. The van der Waals surface area contributed by atoms with Crippen LogP contribution in [0, 0.1) is 11.8 Å². The molecule has 1 saturated carbocycles. The number of carbonyl (C=O) groups is 2. The van der Waals surface area contributed by atoms with Crippen LogP contribution in [0.2, 0.25) is 0 Å². The summed E-state index contributed by atoms with van der Waals surface area (Å²) in [5.74, 6) is 0.420. The fourth-order valence-corrected chi connectivity index (χ4v) is 3.02. The molecule has 0 radical (unpaired) electrons. The minimum Gasteiger partial charge on any atom is -0.481 e. The van der Waals surface area contributed by atoms with Crippen molar-refractivity contribution in [1.29, 1.82) is 0 Å². The number of nitrogens with one attached hydrogen (secondary N) is 1. The van der Waals surface area contributed by atoms with Gasteiger partial charge in [0.25, 0.3) is 0 Å². The van der Waals surface area contributed by atoms with Gasteiger partial charge in [-0.15, -0.1) is 0 Å². The first-order chi connectivity index (χ1) is 9.70. The fourth-order valence-electron chi connectivity index (χ4n) is 3.02. The van der Waals surface area contributed by atoms with E-state index in [0.717, 1.165) is 5.92 Å². The summed E-state index contributed by atoms with van der Waals surface area (Å²) in [5, 5.41) is 11.8. The molecule has 5 nitrogen and oxygen atoms in total. The van der Waals surface area contributed by atoms with E-state index in [1.165, 1.54) is 25.7 Å². The summed E-state index contributed by atoms with van der Waals surface area (Å²) in [5.41, 5.74) is -0.376. The Hall–Kier alpha value is -1.26. The zero-order valence-electron chi connectivity index (χ0n) is 13.8. The molecule has 0 aromatic rings. The van der Waals surface area contributed by atoms with Crippen molar-refractivity contribution in [2.24, 2.45) is 11.8 Å². The van der Waals surface area contributed by atoms with Gasteiger partial charge in [-0.2, -0.15) is 0 Å². The Morgan fingerprint density at radius 3 is 2.48 bits per heavy atom. The van der Waals surface area contributed by atoms with Crippen molar-refractivity contribution in [2.45, 2.75) is 65.3 Å². The molecule has 0 aliphatic heterocycles. The number of aliphatic carboxylic acids is 1. The molecule has 1 fully saturated rings. The molecule has 2 N–H and O–H groups in total. The number of carboxylic acids is 1. The number of hydrogen-bond donors (Lipinski definition) is 2. The molecule has 2 amide bonds. The van der Waals surface area contributed by atoms with Gasteiger partial charge in [-0.25, -0.2) is 4.79 Å². The molecule has 0 heterocycles. The topological polar surface area (TPSA) is 69.6 Å². The first-order valence-electron chi connectivity index (χ1n) is 7.97. The number of carbonyl (C=O) groups excluding carboxylic acids is 1. The Bertz CT molecular complexity index is 363. The van der Waals surface area contributed by atoms with Gasteiger partial charge in [0, 0.05) is 18.6 Å². The Balaban J connectivity index is 2.50. The Kier molecular flexibility index (Phi) is 6.49. The second kappa shape index (κ2) is 7.66. The van der Waals surface area contributed by atoms with Crippen LogP contribution in [-0.4, -0.2) is 40.6 Å². The second-order valence-corrected chi connectivity index (χ2v) is 7.29. The molecule has 0 aromatic carbocycles. The quantitative estimate of drug-likeness (QED) is 0.819.